The smallest absolute Gasteiger partial charge is 0.119 e. The maximum absolute atomic E-state index is 9.40. The number of benzene rings is 2. The average molecular weight is 355 g/mol. The van der Waals surface area contributed by atoms with Crippen LogP contribution in [0.25, 0.3) is 17.8 Å². The van der Waals surface area contributed by atoms with E-state index in [-0.39, 0.29) is 0 Å². The number of hydrogen-bond acceptors (Lipinski definition) is 1. The third-order valence-corrected chi connectivity index (χ3v) is 4.01. The lowest BCUT2D eigenvalue weighted by Crippen LogP contribution is -1.88. The zero-order chi connectivity index (χ0) is 19.5. The van der Waals surface area contributed by atoms with Crippen LogP contribution in [0, 0.1) is 19.3 Å². The zero-order valence-corrected chi connectivity index (χ0v) is 15.9. The Kier molecular flexibility index (Phi) is 7.88. The minimum atomic E-state index is 0.708. The summed E-state index contributed by atoms with van der Waals surface area (Å²) in [5, 5.41) is 0. The summed E-state index contributed by atoms with van der Waals surface area (Å²) in [7, 11) is 0. The van der Waals surface area contributed by atoms with Crippen molar-refractivity contribution < 1.29 is 4.79 Å². The zero-order valence-electron chi connectivity index (χ0n) is 15.9. The molecule has 0 amide bonds. The second-order valence-corrected chi connectivity index (χ2v) is 6.21. The molecular formula is C25H25NO. The van der Waals surface area contributed by atoms with Crippen molar-refractivity contribution >= 4 is 18.4 Å². The molecule has 0 fully saturated rings. The lowest BCUT2D eigenvalue weighted by atomic mass is 10.1. The van der Waals surface area contributed by atoms with Crippen LogP contribution in [0.2, 0.25) is 0 Å². The van der Waals surface area contributed by atoms with Crippen molar-refractivity contribution in [1.82, 2.24) is 4.57 Å². The average Bonchev–Trinajstić information content (AvgIpc) is 3.12. The van der Waals surface area contributed by atoms with Gasteiger partial charge in [0.2, 0.25) is 0 Å². The molecule has 27 heavy (non-hydrogen) atoms. The summed E-state index contributed by atoms with van der Waals surface area (Å²) < 4.78 is 2.07. The topological polar surface area (TPSA) is 22.0 Å². The van der Waals surface area contributed by atoms with Crippen LogP contribution < -0.4 is 0 Å². The Morgan fingerprint density at radius 1 is 1.00 bits per heavy atom. The molecule has 0 radical (unpaired) electrons. The minimum absolute atomic E-state index is 0.708. The standard InChI is InChI=1S/C21H17N.C4H8O/c1-3-19-15-22(21-13-9-17(2)10-14-21)16-20(19)12-11-18-7-5-4-6-8-18;1-2-3-4-5/h1,4-16H,2H3;4H,2-3H2,1H3/b12-11+;. The van der Waals surface area contributed by atoms with Crippen LogP contribution in [0.3, 0.4) is 0 Å². The third kappa shape index (κ3) is 6.17. The molecule has 2 aromatic carbocycles. The fourth-order valence-electron chi connectivity index (χ4n) is 2.46. The van der Waals surface area contributed by atoms with Crippen molar-refractivity contribution in [3.05, 3.63) is 89.2 Å². The maximum Gasteiger partial charge on any atom is 0.119 e. The molecule has 0 aliphatic carbocycles. The van der Waals surface area contributed by atoms with Gasteiger partial charge in [0.1, 0.15) is 6.29 Å². The van der Waals surface area contributed by atoms with Gasteiger partial charge in [-0.2, -0.15) is 0 Å². The van der Waals surface area contributed by atoms with Crippen LogP contribution in [0.4, 0.5) is 0 Å². The fraction of sp³-hybridized carbons (Fsp3) is 0.160. The van der Waals surface area contributed by atoms with Gasteiger partial charge in [-0.15, -0.1) is 6.42 Å². The van der Waals surface area contributed by atoms with Gasteiger partial charge in [-0.1, -0.05) is 73.0 Å². The number of aryl methyl sites for hydroxylation is 1. The highest BCUT2D eigenvalue weighted by Gasteiger charge is 2.03. The second-order valence-electron chi connectivity index (χ2n) is 6.21. The first kappa shape index (κ1) is 20.0. The molecule has 0 saturated heterocycles. The summed E-state index contributed by atoms with van der Waals surface area (Å²) in [6, 6.07) is 18.6. The van der Waals surface area contributed by atoms with E-state index in [4.69, 9.17) is 6.42 Å². The van der Waals surface area contributed by atoms with E-state index in [1.807, 2.05) is 31.3 Å². The van der Waals surface area contributed by atoms with Gasteiger partial charge in [0.25, 0.3) is 0 Å². The van der Waals surface area contributed by atoms with Crippen molar-refractivity contribution in [2.75, 3.05) is 0 Å². The summed E-state index contributed by atoms with van der Waals surface area (Å²) in [6.45, 7) is 4.06. The second kappa shape index (κ2) is 10.6. The lowest BCUT2D eigenvalue weighted by molar-refractivity contribution is -0.107. The molecule has 136 valence electrons. The van der Waals surface area contributed by atoms with Gasteiger partial charge in [-0.25, -0.2) is 0 Å². The predicted molar refractivity (Wildman–Crippen MR) is 115 cm³/mol. The molecule has 0 spiro atoms. The number of carbonyl (C=O) groups excluding carboxylic acids is 1. The van der Waals surface area contributed by atoms with Gasteiger partial charge < -0.3 is 9.36 Å². The molecule has 1 aromatic heterocycles. The van der Waals surface area contributed by atoms with Crippen LogP contribution in [0.15, 0.2) is 67.0 Å². The van der Waals surface area contributed by atoms with Crippen molar-refractivity contribution in [1.29, 1.82) is 0 Å². The number of nitrogens with zero attached hydrogens (tertiary/aromatic N) is 1. The molecule has 0 atom stereocenters. The predicted octanol–water partition coefficient (Wildman–Crippen LogP) is 5.92. The molecule has 1 heterocycles. The summed E-state index contributed by atoms with van der Waals surface area (Å²) in [5.74, 6) is 2.76. The van der Waals surface area contributed by atoms with Crippen LogP contribution in [-0.2, 0) is 4.79 Å². The van der Waals surface area contributed by atoms with E-state index in [1.165, 1.54) is 5.56 Å². The van der Waals surface area contributed by atoms with E-state index >= 15 is 0 Å². The van der Waals surface area contributed by atoms with Gasteiger partial charge in [0, 0.05) is 35.6 Å². The Morgan fingerprint density at radius 3 is 2.26 bits per heavy atom. The number of unbranched alkanes of at least 4 members (excludes halogenated alkanes) is 1. The van der Waals surface area contributed by atoms with Crippen LogP contribution in [0.1, 0.15) is 42.0 Å². The van der Waals surface area contributed by atoms with E-state index in [0.29, 0.717) is 6.42 Å². The van der Waals surface area contributed by atoms with E-state index < -0.39 is 0 Å². The molecule has 0 unspecified atom stereocenters. The molecule has 0 aliphatic heterocycles. The number of carbonyl (C=O) groups is 1. The molecule has 0 N–H and O–H groups in total. The third-order valence-electron chi connectivity index (χ3n) is 4.01. The number of aromatic nitrogens is 1. The van der Waals surface area contributed by atoms with E-state index in [1.54, 1.807) is 0 Å². The maximum atomic E-state index is 9.40. The molecular weight excluding hydrogens is 330 g/mol. The van der Waals surface area contributed by atoms with Gasteiger partial charge in [0.15, 0.2) is 0 Å². The van der Waals surface area contributed by atoms with Gasteiger partial charge in [-0.3, -0.25) is 0 Å². The molecule has 0 bridgehead atoms. The SMILES string of the molecule is C#Cc1cn(-c2ccc(C)cc2)cc1/C=C/c1ccccc1.CCCC=O. The van der Waals surface area contributed by atoms with Crippen molar-refractivity contribution in [2.45, 2.75) is 26.7 Å². The Labute approximate surface area is 162 Å². The minimum Gasteiger partial charge on any atom is -0.322 e. The summed E-state index contributed by atoms with van der Waals surface area (Å²) in [5.41, 5.74) is 5.46. The van der Waals surface area contributed by atoms with Crippen molar-refractivity contribution in [3.63, 3.8) is 0 Å². The highest BCUT2D eigenvalue weighted by atomic mass is 16.1. The molecule has 0 saturated carbocycles. The van der Waals surface area contributed by atoms with Gasteiger partial charge >= 0.3 is 0 Å². The Balaban J connectivity index is 0.000000465. The highest BCUT2D eigenvalue weighted by Crippen LogP contribution is 2.18. The molecule has 3 rings (SSSR count). The van der Waals surface area contributed by atoms with Crippen LogP contribution >= 0.6 is 0 Å². The molecule has 0 aliphatic rings. The number of hydrogen-bond donors (Lipinski definition) is 0. The number of aldehydes is 1. The van der Waals surface area contributed by atoms with E-state index in [2.05, 4.69) is 72.2 Å². The Morgan fingerprint density at radius 2 is 1.70 bits per heavy atom. The lowest BCUT2D eigenvalue weighted by Gasteiger charge is -2.02. The first-order chi connectivity index (χ1) is 13.2. The first-order valence-electron chi connectivity index (χ1n) is 9.10. The molecule has 2 nitrogen and oxygen atoms in total. The van der Waals surface area contributed by atoms with Crippen LogP contribution in [-0.4, -0.2) is 10.9 Å². The van der Waals surface area contributed by atoms with Gasteiger partial charge in [-0.05, 0) is 31.0 Å². The summed E-state index contributed by atoms with van der Waals surface area (Å²) in [4.78, 5) is 9.40. The van der Waals surface area contributed by atoms with E-state index in [0.717, 1.165) is 35.1 Å². The Hall–Kier alpha value is -3.31. The quantitative estimate of drug-likeness (QED) is 0.411. The summed E-state index contributed by atoms with van der Waals surface area (Å²) >= 11 is 0. The Bertz CT molecular complexity index is 909. The van der Waals surface area contributed by atoms with Crippen LogP contribution in [0.5, 0.6) is 0 Å². The number of terminal acetylenes is 1. The molecule has 2 heteroatoms. The molecule has 3 aromatic rings. The number of rotatable bonds is 5. The van der Waals surface area contributed by atoms with Crippen molar-refractivity contribution in [2.24, 2.45) is 0 Å². The van der Waals surface area contributed by atoms with Gasteiger partial charge in [0.05, 0.1) is 0 Å². The fourth-order valence-corrected chi connectivity index (χ4v) is 2.46. The largest absolute Gasteiger partial charge is 0.322 e. The van der Waals surface area contributed by atoms with Crippen molar-refractivity contribution in [3.8, 4) is 18.0 Å². The van der Waals surface area contributed by atoms with E-state index in [9.17, 15) is 4.79 Å². The summed E-state index contributed by atoms with van der Waals surface area (Å²) in [6.07, 6.45) is 16.5. The monoisotopic (exact) mass is 355 g/mol. The first-order valence-corrected chi connectivity index (χ1v) is 9.10. The normalized spacial score (nSPS) is 10.1. The highest BCUT2D eigenvalue weighted by molar-refractivity contribution is 5.73.